The van der Waals surface area contributed by atoms with Gasteiger partial charge >= 0.3 is 5.97 Å². The highest BCUT2D eigenvalue weighted by Crippen LogP contribution is 2.49. The summed E-state index contributed by atoms with van der Waals surface area (Å²) < 4.78 is 0. The Morgan fingerprint density at radius 3 is 2.40 bits per heavy atom. The fourth-order valence-electron chi connectivity index (χ4n) is 2.89. The largest absolute Gasteiger partial charge is 0.506 e. The SMILES string of the molecule is CC(=O)Nc1c(O)ccc(Cl)c1C1(C(=O)O)CCCC1. The second kappa shape index (κ2) is 5.32. The molecule has 0 bridgehead atoms. The molecule has 1 fully saturated rings. The van der Waals surface area contributed by atoms with E-state index in [1.165, 1.54) is 19.1 Å². The lowest BCUT2D eigenvalue weighted by molar-refractivity contribution is -0.143. The number of carboxylic acid groups (broad SMARTS) is 1. The number of amides is 1. The minimum atomic E-state index is -1.15. The van der Waals surface area contributed by atoms with Crippen molar-refractivity contribution in [3.63, 3.8) is 0 Å². The summed E-state index contributed by atoms with van der Waals surface area (Å²) in [5.41, 5.74) is -0.734. The van der Waals surface area contributed by atoms with E-state index in [0.29, 0.717) is 18.4 Å². The number of aliphatic carboxylic acids is 1. The number of halogens is 1. The molecule has 6 heteroatoms. The Bertz CT molecular complexity index is 565. The molecule has 1 aromatic carbocycles. The number of phenolic OH excluding ortho intramolecular Hbond substituents is 1. The zero-order chi connectivity index (χ0) is 14.9. The van der Waals surface area contributed by atoms with Crippen molar-refractivity contribution >= 4 is 29.2 Å². The summed E-state index contributed by atoms with van der Waals surface area (Å²) in [6, 6.07) is 2.81. The number of carbonyl (C=O) groups excluding carboxylic acids is 1. The van der Waals surface area contributed by atoms with Gasteiger partial charge in [0.1, 0.15) is 5.75 Å². The topological polar surface area (TPSA) is 86.6 Å². The zero-order valence-corrected chi connectivity index (χ0v) is 11.8. The Morgan fingerprint density at radius 2 is 1.90 bits per heavy atom. The highest BCUT2D eigenvalue weighted by Gasteiger charge is 2.46. The first-order valence-electron chi connectivity index (χ1n) is 6.41. The van der Waals surface area contributed by atoms with Crippen molar-refractivity contribution in [3.8, 4) is 5.75 Å². The summed E-state index contributed by atoms with van der Waals surface area (Å²) in [5, 5.41) is 22.3. The van der Waals surface area contributed by atoms with E-state index in [0.717, 1.165) is 12.8 Å². The molecule has 5 nitrogen and oxygen atoms in total. The van der Waals surface area contributed by atoms with Crippen LogP contribution in [0.25, 0.3) is 0 Å². The summed E-state index contributed by atoms with van der Waals surface area (Å²) in [7, 11) is 0. The van der Waals surface area contributed by atoms with Gasteiger partial charge in [-0.1, -0.05) is 24.4 Å². The number of carbonyl (C=O) groups is 2. The van der Waals surface area contributed by atoms with Crippen molar-refractivity contribution in [2.24, 2.45) is 0 Å². The van der Waals surface area contributed by atoms with Crippen molar-refractivity contribution in [2.45, 2.75) is 38.0 Å². The van der Waals surface area contributed by atoms with Crippen LogP contribution in [0.2, 0.25) is 5.02 Å². The fraction of sp³-hybridized carbons (Fsp3) is 0.429. The van der Waals surface area contributed by atoms with Crippen LogP contribution in [0.1, 0.15) is 38.2 Å². The van der Waals surface area contributed by atoms with Gasteiger partial charge in [-0.15, -0.1) is 0 Å². The highest BCUT2D eigenvalue weighted by atomic mass is 35.5. The van der Waals surface area contributed by atoms with Crippen molar-refractivity contribution in [2.75, 3.05) is 5.32 Å². The van der Waals surface area contributed by atoms with Gasteiger partial charge in [-0.2, -0.15) is 0 Å². The number of hydrogen-bond acceptors (Lipinski definition) is 3. The molecule has 0 radical (unpaired) electrons. The number of hydrogen-bond donors (Lipinski definition) is 3. The van der Waals surface area contributed by atoms with Gasteiger partial charge in [0.15, 0.2) is 0 Å². The molecule has 20 heavy (non-hydrogen) atoms. The van der Waals surface area contributed by atoms with E-state index in [4.69, 9.17) is 11.6 Å². The Balaban J connectivity index is 2.68. The summed E-state index contributed by atoms with van der Waals surface area (Å²) in [5.74, 6) is -1.54. The van der Waals surface area contributed by atoms with Gasteiger partial charge in [-0.05, 0) is 25.0 Å². The predicted octanol–water partition coefficient (Wildman–Crippen LogP) is 2.90. The first-order chi connectivity index (χ1) is 9.38. The molecular formula is C14H16ClNO4. The highest BCUT2D eigenvalue weighted by molar-refractivity contribution is 6.32. The molecule has 108 valence electrons. The lowest BCUT2D eigenvalue weighted by Gasteiger charge is -2.28. The number of benzene rings is 1. The smallest absolute Gasteiger partial charge is 0.314 e. The van der Waals surface area contributed by atoms with Crippen LogP contribution in [-0.2, 0) is 15.0 Å². The van der Waals surface area contributed by atoms with Crippen molar-refractivity contribution in [3.05, 3.63) is 22.7 Å². The molecule has 2 rings (SSSR count). The predicted molar refractivity (Wildman–Crippen MR) is 75.2 cm³/mol. The lowest BCUT2D eigenvalue weighted by Crippen LogP contribution is -2.34. The Labute approximate surface area is 121 Å². The zero-order valence-electron chi connectivity index (χ0n) is 11.1. The van der Waals surface area contributed by atoms with Crippen LogP contribution in [0.4, 0.5) is 5.69 Å². The molecule has 1 aromatic rings. The van der Waals surface area contributed by atoms with Crippen LogP contribution >= 0.6 is 11.6 Å². The maximum Gasteiger partial charge on any atom is 0.314 e. The number of anilines is 1. The van der Waals surface area contributed by atoms with Gasteiger partial charge in [0, 0.05) is 17.5 Å². The van der Waals surface area contributed by atoms with E-state index in [1.807, 2.05) is 0 Å². The third-order valence-corrected chi connectivity index (χ3v) is 4.09. The molecule has 1 amide bonds. The summed E-state index contributed by atoms with van der Waals surface area (Å²) in [4.78, 5) is 23.1. The molecule has 0 aromatic heterocycles. The Morgan fingerprint density at radius 1 is 1.30 bits per heavy atom. The fourth-order valence-corrected chi connectivity index (χ4v) is 3.22. The standard InChI is InChI=1S/C14H16ClNO4/c1-8(17)16-12-10(18)5-4-9(15)11(12)14(13(19)20)6-2-3-7-14/h4-5,18H,2-3,6-7H2,1H3,(H,16,17)(H,19,20). The first-order valence-corrected chi connectivity index (χ1v) is 6.79. The average Bonchev–Trinajstić information content (AvgIpc) is 2.84. The maximum atomic E-state index is 11.8. The number of nitrogens with one attached hydrogen (secondary N) is 1. The normalized spacial score (nSPS) is 16.9. The Hall–Kier alpha value is -1.75. The molecule has 0 unspecified atom stereocenters. The monoisotopic (exact) mass is 297 g/mol. The van der Waals surface area contributed by atoms with E-state index in [1.54, 1.807) is 0 Å². The Kier molecular flexibility index (Phi) is 3.90. The van der Waals surface area contributed by atoms with Crippen molar-refractivity contribution in [1.82, 2.24) is 0 Å². The van der Waals surface area contributed by atoms with Gasteiger partial charge < -0.3 is 15.5 Å². The van der Waals surface area contributed by atoms with Crippen LogP contribution in [0, 0.1) is 0 Å². The maximum absolute atomic E-state index is 11.8. The van der Waals surface area contributed by atoms with Crippen LogP contribution in [0.15, 0.2) is 12.1 Å². The molecule has 3 N–H and O–H groups in total. The second-order valence-electron chi connectivity index (χ2n) is 5.09. The van der Waals surface area contributed by atoms with Crippen LogP contribution in [0.3, 0.4) is 0 Å². The van der Waals surface area contributed by atoms with Gasteiger partial charge in [-0.25, -0.2) is 0 Å². The van der Waals surface area contributed by atoms with Crippen LogP contribution in [0.5, 0.6) is 5.75 Å². The van der Waals surface area contributed by atoms with Crippen molar-refractivity contribution < 1.29 is 19.8 Å². The van der Waals surface area contributed by atoms with E-state index in [-0.39, 0.29) is 22.4 Å². The third kappa shape index (κ3) is 2.33. The quantitative estimate of drug-likeness (QED) is 0.749. The van der Waals surface area contributed by atoms with E-state index in [9.17, 15) is 19.8 Å². The summed E-state index contributed by atoms with van der Waals surface area (Å²) in [6.07, 6.45) is 2.44. The number of aromatic hydroxyl groups is 1. The van der Waals surface area contributed by atoms with Gasteiger partial charge in [0.05, 0.1) is 11.1 Å². The van der Waals surface area contributed by atoms with Gasteiger partial charge in [0.25, 0.3) is 0 Å². The number of phenols is 1. The average molecular weight is 298 g/mol. The van der Waals surface area contributed by atoms with Crippen LogP contribution in [-0.4, -0.2) is 22.1 Å². The molecule has 1 saturated carbocycles. The van der Waals surface area contributed by atoms with Gasteiger partial charge in [0.2, 0.25) is 5.91 Å². The lowest BCUT2D eigenvalue weighted by atomic mass is 9.77. The molecule has 1 aliphatic carbocycles. The first kappa shape index (κ1) is 14.7. The van der Waals surface area contributed by atoms with Crippen LogP contribution < -0.4 is 5.32 Å². The number of rotatable bonds is 3. The molecule has 0 atom stereocenters. The van der Waals surface area contributed by atoms with E-state index in [2.05, 4.69) is 5.32 Å². The minimum absolute atomic E-state index is 0.106. The molecular weight excluding hydrogens is 282 g/mol. The molecule has 0 aliphatic heterocycles. The minimum Gasteiger partial charge on any atom is -0.506 e. The molecule has 0 saturated heterocycles. The molecule has 1 aliphatic rings. The second-order valence-corrected chi connectivity index (χ2v) is 5.50. The number of carboxylic acids is 1. The van der Waals surface area contributed by atoms with Gasteiger partial charge in [-0.3, -0.25) is 9.59 Å². The molecule has 0 heterocycles. The molecule has 0 spiro atoms. The summed E-state index contributed by atoms with van der Waals surface area (Å²) in [6.45, 7) is 1.30. The van der Waals surface area contributed by atoms with Crippen molar-refractivity contribution in [1.29, 1.82) is 0 Å². The third-order valence-electron chi connectivity index (χ3n) is 3.78. The van der Waals surface area contributed by atoms with E-state index >= 15 is 0 Å². The van der Waals surface area contributed by atoms with E-state index < -0.39 is 11.4 Å². The summed E-state index contributed by atoms with van der Waals surface area (Å²) >= 11 is 6.17.